The van der Waals surface area contributed by atoms with E-state index in [4.69, 9.17) is 12.2 Å². The lowest BCUT2D eigenvalue weighted by Gasteiger charge is -2.07. The summed E-state index contributed by atoms with van der Waals surface area (Å²) in [6.07, 6.45) is 2.18. The number of aromatic nitrogens is 2. The van der Waals surface area contributed by atoms with Gasteiger partial charge in [0.15, 0.2) is 0 Å². The maximum atomic E-state index is 5.09. The Morgan fingerprint density at radius 2 is 2.23 bits per heavy atom. The number of nitrogens with one attached hydrogen (secondary N) is 1. The molecular formula is C10H16N2S. The molecule has 2 nitrogen and oxygen atoms in total. The normalized spacial score (nSPS) is 10.8. The van der Waals surface area contributed by atoms with Gasteiger partial charge in [-0.2, -0.15) is 0 Å². The summed E-state index contributed by atoms with van der Waals surface area (Å²) in [5, 5.41) is 0. The zero-order valence-electron chi connectivity index (χ0n) is 8.42. The standard InChI is InChI=1S/C10H16N2S/c1-4-5-8-6-9(13)12-10(11-8)7(2)3/h6-7H,4-5H2,1-3H3,(H,11,12,13). The van der Waals surface area contributed by atoms with Crippen LogP contribution in [0, 0.1) is 4.64 Å². The van der Waals surface area contributed by atoms with E-state index in [-0.39, 0.29) is 0 Å². The number of hydrogen-bond acceptors (Lipinski definition) is 2. The molecule has 0 aliphatic heterocycles. The number of H-pyrrole nitrogens is 1. The monoisotopic (exact) mass is 196 g/mol. The molecule has 0 spiro atoms. The van der Waals surface area contributed by atoms with E-state index in [1.165, 1.54) is 5.69 Å². The summed E-state index contributed by atoms with van der Waals surface area (Å²) in [5.41, 5.74) is 1.20. The summed E-state index contributed by atoms with van der Waals surface area (Å²) in [7, 11) is 0. The minimum atomic E-state index is 0.415. The Morgan fingerprint density at radius 1 is 1.54 bits per heavy atom. The highest BCUT2D eigenvalue weighted by Crippen LogP contribution is 2.10. The highest BCUT2D eigenvalue weighted by molar-refractivity contribution is 7.71. The van der Waals surface area contributed by atoms with E-state index in [9.17, 15) is 0 Å². The van der Waals surface area contributed by atoms with E-state index in [0.717, 1.165) is 18.7 Å². The molecule has 0 aliphatic carbocycles. The Balaban J connectivity index is 3.04. The van der Waals surface area contributed by atoms with E-state index >= 15 is 0 Å². The molecule has 1 N–H and O–H groups in total. The van der Waals surface area contributed by atoms with Crippen LogP contribution in [0.5, 0.6) is 0 Å². The predicted molar refractivity (Wildman–Crippen MR) is 57.5 cm³/mol. The molecule has 0 fully saturated rings. The first kappa shape index (κ1) is 10.4. The molecule has 0 saturated carbocycles. The van der Waals surface area contributed by atoms with Gasteiger partial charge in [0.05, 0.1) is 0 Å². The first-order valence-corrected chi connectivity index (χ1v) is 5.14. The fraction of sp³-hybridized carbons (Fsp3) is 0.600. The Morgan fingerprint density at radius 3 is 2.77 bits per heavy atom. The molecule has 1 aromatic heterocycles. The Bertz CT molecular complexity index is 328. The van der Waals surface area contributed by atoms with E-state index in [0.29, 0.717) is 10.6 Å². The second-order valence-electron chi connectivity index (χ2n) is 3.53. The molecule has 1 heterocycles. The zero-order valence-corrected chi connectivity index (χ0v) is 9.24. The van der Waals surface area contributed by atoms with Crippen LogP contribution >= 0.6 is 12.2 Å². The first-order chi connectivity index (χ1) is 6.13. The summed E-state index contributed by atoms with van der Waals surface area (Å²) in [5.74, 6) is 1.41. The van der Waals surface area contributed by atoms with Crippen LogP contribution in [0.3, 0.4) is 0 Å². The van der Waals surface area contributed by atoms with Crippen molar-refractivity contribution >= 4 is 12.2 Å². The fourth-order valence-corrected chi connectivity index (χ4v) is 1.45. The fourth-order valence-electron chi connectivity index (χ4n) is 1.21. The molecule has 0 unspecified atom stereocenters. The quantitative estimate of drug-likeness (QED) is 0.752. The number of nitrogens with zero attached hydrogens (tertiary/aromatic N) is 1. The largest absolute Gasteiger partial charge is 0.347 e. The van der Waals surface area contributed by atoms with Crippen molar-refractivity contribution in [2.45, 2.75) is 39.5 Å². The van der Waals surface area contributed by atoms with Crippen molar-refractivity contribution < 1.29 is 0 Å². The summed E-state index contributed by atoms with van der Waals surface area (Å²) in [4.78, 5) is 7.58. The van der Waals surface area contributed by atoms with Crippen LogP contribution in [0.25, 0.3) is 0 Å². The first-order valence-electron chi connectivity index (χ1n) is 4.73. The molecule has 0 atom stereocenters. The third-order valence-electron chi connectivity index (χ3n) is 1.88. The zero-order chi connectivity index (χ0) is 9.84. The van der Waals surface area contributed by atoms with E-state index < -0.39 is 0 Å². The molecule has 0 aromatic carbocycles. The number of aromatic amines is 1. The van der Waals surface area contributed by atoms with Crippen molar-refractivity contribution in [3.05, 3.63) is 22.2 Å². The average molecular weight is 196 g/mol. The lowest BCUT2D eigenvalue weighted by atomic mass is 10.2. The molecule has 1 rings (SSSR count). The van der Waals surface area contributed by atoms with Crippen molar-refractivity contribution in [1.82, 2.24) is 9.97 Å². The number of aryl methyl sites for hydroxylation is 1. The Labute approximate surface area is 84.4 Å². The van der Waals surface area contributed by atoms with Gasteiger partial charge in [-0.15, -0.1) is 0 Å². The van der Waals surface area contributed by atoms with Gasteiger partial charge in [0.2, 0.25) is 0 Å². The second-order valence-corrected chi connectivity index (χ2v) is 3.95. The highest BCUT2D eigenvalue weighted by atomic mass is 32.1. The van der Waals surface area contributed by atoms with Gasteiger partial charge >= 0.3 is 0 Å². The molecule has 0 aliphatic rings. The lowest BCUT2D eigenvalue weighted by Crippen LogP contribution is -2.01. The third-order valence-corrected chi connectivity index (χ3v) is 2.09. The minimum absolute atomic E-state index is 0.415. The molecule has 0 amide bonds. The SMILES string of the molecule is CCCc1cc(=S)nc(C(C)C)[nH]1. The van der Waals surface area contributed by atoms with Gasteiger partial charge in [-0.05, 0) is 12.5 Å². The van der Waals surface area contributed by atoms with Crippen LogP contribution in [0.1, 0.15) is 44.6 Å². The van der Waals surface area contributed by atoms with Crippen molar-refractivity contribution in [1.29, 1.82) is 0 Å². The Hall–Kier alpha value is -0.700. The van der Waals surface area contributed by atoms with Gasteiger partial charge in [-0.1, -0.05) is 39.4 Å². The molecular weight excluding hydrogens is 180 g/mol. The topological polar surface area (TPSA) is 28.7 Å². The third kappa shape index (κ3) is 2.92. The Kier molecular flexibility index (Phi) is 3.60. The lowest BCUT2D eigenvalue weighted by molar-refractivity contribution is 0.745. The minimum Gasteiger partial charge on any atom is -0.347 e. The van der Waals surface area contributed by atoms with Crippen molar-refractivity contribution in [3.63, 3.8) is 0 Å². The average Bonchev–Trinajstić information content (AvgIpc) is 2.03. The van der Waals surface area contributed by atoms with E-state index in [1.807, 2.05) is 6.07 Å². The summed E-state index contributed by atoms with van der Waals surface area (Å²) < 4.78 is 0.700. The molecule has 3 heteroatoms. The van der Waals surface area contributed by atoms with Crippen LogP contribution in [0.4, 0.5) is 0 Å². The van der Waals surface area contributed by atoms with E-state index in [2.05, 4.69) is 30.7 Å². The predicted octanol–water partition coefficient (Wildman–Crippen LogP) is 3.22. The van der Waals surface area contributed by atoms with Crippen molar-refractivity contribution in [2.75, 3.05) is 0 Å². The van der Waals surface area contributed by atoms with Gasteiger partial charge in [0.25, 0.3) is 0 Å². The van der Waals surface area contributed by atoms with Crippen molar-refractivity contribution in [2.24, 2.45) is 0 Å². The van der Waals surface area contributed by atoms with Crippen LogP contribution in [0.15, 0.2) is 6.07 Å². The van der Waals surface area contributed by atoms with Crippen LogP contribution < -0.4 is 0 Å². The van der Waals surface area contributed by atoms with Gasteiger partial charge in [0, 0.05) is 11.6 Å². The molecule has 72 valence electrons. The van der Waals surface area contributed by atoms with E-state index in [1.54, 1.807) is 0 Å². The number of hydrogen-bond donors (Lipinski definition) is 1. The smallest absolute Gasteiger partial charge is 0.129 e. The molecule has 1 aromatic rings. The summed E-state index contributed by atoms with van der Waals surface area (Å²) >= 11 is 5.09. The van der Waals surface area contributed by atoms with Crippen LogP contribution in [-0.2, 0) is 6.42 Å². The molecule has 0 bridgehead atoms. The summed E-state index contributed by atoms with van der Waals surface area (Å²) in [6.45, 7) is 6.39. The number of rotatable bonds is 3. The highest BCUT2D eigenvalue weighted by Gasteiger charge is 2.02. The van der Waals surface area contributed by atoms with Gasteiger partial charge in [0.1, 0.15) is 10.5 Å². The second kappa shape index (κ2) is 4.51. The molecule has 13 heavy (non-hydrogen) atoms. The maximum absolute atomic E-state index is 5.09. The maximum Gasteiger partial charge on any atom is 0.129 e. The van der Waals surface area contributed by atoms with Crippen molar-refractivity contribution in [3.8, 4) is 0 Å². The van der Waals surface area contributed by atoms with Gasteiger partial charge in [-0.25, -0.2) is 4.98 Å². The van der Waals surface area contributed by atoms with Crippen LogP contribution in [-0.4, -0.2) is 9.97 Å². The molecule has 0 radical (unpaired) electrons. The van der Waals surface area contributed by atoms with Gasteiger partial charge in [-0.3, -0.25) is 0 Å². The van der Waals surface area contributed by atoms with Gasteiger partial charge < -0.3 is 4.98 Å². The van der Waals surface area contributed by atoms with Crippen LogP contribution in [0.2, 0.25) is 0 Å². The summed E-state index contributed by atoms with van der Waals surface area (Å²) in [6, 6.07) is 1.95. The molecule has 0 saturated heterocycles.